The first-order valence-electron chi connectivity index (χ1n) is 6.42. The van der Waals surface area contributed by atoms with Gasteiger partial charge < -0.3 is 9.29 Å². The van der Waals surface area contributed by atoms with Crippen LogP contribution in [0.3, 0.4) is 0 Å². The van der Waals surface area contributed by atoms with E-state index in [2.05, 4.69) is 4.72 Å². The minimum absolute atomic E-state index is 0.268. The lowest BCUT2D eigenvalue weighted by atomic mass is 10.0. The van der Waals surface area contributed by atoms with Gasteiger partial charge in [-0.05, 0) is 39.8 Å². The van der Waals surface area contributed by atoms with Crippen molar-refractivity contribution in [3.05, 3.63) is 29.1 Å². The fourth-order valence-corrected chi connectivity index (χ4v) is 2.75. The third-order valence-electron chi connectivity index (χ3n) is 3.12. The van der Waals surface area contributed by atoms with E-state index in [0.717, 1.165) is 17.7 Å². The second-order valence-electron chi connectivity index (χ2n) is 5.80. The fourth-order valence-electron chi connectivity index (χ4n) is 1.94. The van der Waals surface area contributed by atoms with Gasteiger partial charge in [-0.15, -0.1) is 4.72 Å². The molecule has 1 aliphatic rings. The molecule has 0 amide bonds. The summed E-state index contributed by atoms with van der Waals surface area (Å²) >= 11 is -1.23. The zero-order valence-electron chi connectivity index (χ0n) is 11.7. The van der Waals surface area contributed by atoms with Crippen LogP contribution in [0.25, 0.3) is 0 Å². The molecule has 1 heterocycles. The maximum atomic E-state index is 14.0. The molecule has 0 saturated carbocycles. The number of rotatable bonds is 3. The van der Waals surface area contributed by atoms with E-state index in [9.17, 15) is 8.94 Å². The lowest BCUT2D eigenvalue weighted by Gasteiger charge is -2.26. The van der Waals surface area contributed by atoms with Gasteiger partial charge in [-0.3, -0.25) is 0 Å². The van der Waals surface area contributed by atoms with Crippen molar-refractivity contribution in [3.63, 3.8) is 0 Å². The minimum Gasteiger partial charge on any atom is -0.598 e. The van der Waals surface area contributed by atoms with Crippen molar-refractivity contribution >= 4 is 11.4 Å². The summed E-state index contributed by atoms with van der Waals surface area (Å²) in [7, 11) is 0. The quantitative estimate of drug-likeness (QED) is 0.869. The molecular weight excluding hydrogens is 265 g/mol. The summed E-state index contributed by atoms with van der Waals surface area (Å²) in [4.78, 5) is 0. The van der Waals surface area contributed by atoms with Gasteiger partial charge in [0.05, 0.1) is 12.6 Å². The first-order chi connectivity index (χ1) is 8.79. The minimum atomic E-state index is -1.23. The Morgan fingerprint density at radius 2 is 2.11 bits per heavy atom. The van der Waals surface area contributed by atoms with E-state index in [1.54, 1.807) is 6.07 Å². The fraction of sp³-hybridized carbons (Fsp3) is 0.571. The molecule has 0 aromatic heterocycles. The van der Waals surface area contributed by atoms with E-state index in [4.69, 9.17) is 4.74 Å². The molecule has 5 heteroatoms. The molecule has 1 aromatic carbocycles. The molecule has 106 valence electrons. The maximum absolute atomic E-state index is 14.0. The first kappa shape index (κ1) is 14.6. The van der Waals surface area contributed by atoms with Gasteiger partial charge in [-0.25, -0.2) is 4.39 Å². The summed E-state index contributed by atoms with van der Waals surface area (Å²) in [6.07, 6.45) is 0.752. The average Bonchev–Trinajstić information content (AvgIpc) is 2.73. The summed E-state index contributed by atoms with van der Waals surface area (Å²) in [6, 6.07) is 2.92. The molecule has 0 aliphatic carbocycles. The molecule has 1 aliphatic heterocycles. The molecule has 2 unspecified atom stereocenters. The summed E-state index contributed by atoms with van der Waals surface area (Å²) in [5.41, 5.74) is 1.41. The third kappa shape index (κ3) is 3.22. The highest BCUT2D eigenvalue weighted by atomic mass is 32.2. The highest BCUT2D eigenvalue weighted by Crippen LogP contribution is 2.31. The van der Waals surface area contributed by atoms with Gasteiger partial charge in [0.1, 0.15) is 16.3 Å². The summed E-state index contributed by atoms with van der Waals surface area (Å²) in [6.45, 7) is 8.05. The first-order valence-corrected chi connectivity index (χ1v) is 7.57. The Balaban J connectivity index is 2.18. The lowest BCUT2D eigenvalue weighted by Crippen LogP contribution is -2.40. The molecule has 0 saturated heterocycles. The highest BCUT2D eigenvalue weighted by molar-refractivity contribution is 7.90. The second-order valence-corrected chi connectivity index (χ2v) is 7.80. The second kappa shape index (κ2) is 5.31. The molecular formula is C14H20FNO2S. The van der Waals surface area contributed by atoms with Crippen molar-refractivity contribution < 1.29 is 13.7 Å². The molecule has 3 nitrogen and oxygen atoms in total. The van der Waals surface area contributed by atoms with E-state index in [-0.39, 0.29) is 16.6 Å². The SMILES string of the molecule is CC(N[S+]([O-])C(C)(C)C)c1cc2c(cc1F)CCO2. The molecule has 19 heavy (non-hydrogen) atoms. The summed E-state index contributed by atoms with van der Waals surface area (Å²) < 4.78 is 34.1. The highest BCUT2D eigenvalue weighted by Gasteiger charge is 2.29. The smallest absolute Gasteiger partial charge is 0.136 e. The van der Waals surface area contributed by atoms with E-state index in [1.807, 2.05) is 27.7 Å². The predicted molar refractivity (Wildman–Crippen MR) is 75.0 cm³/mol. The van der Waals surface area contributed by atoms with Crippen LogP contribution in [0.15, 0.2) is 12.1 Å². The van der Waals surface area contributed by atoms with Crippen molar-refractivity contribution in [3.8, 4) is 5.75 Å². The van der Waals surface area contributed by atoms with Crippen LogP contribution in [0, 0.1) is 5.82 Å². The normalized spacial score (nSPS) is 17.8. The van der Waals surface area contributed by atoms with Gasteiger partial charge in [0, 0.05) is 28.9 Å². The topological polar surface area (TPSA) is 44.3 Å². The summed E-state index contributed by atoms with van der Waals surface area (Å²) in [5, 5.41) is 0. The van der Waals surface area contributed by atoms with E-state index in [1.165, 1.54) is 6.07 Å². The third-order valence-corrected chi connectivity index (χ3v) is 4.80. The zero-order chi connectivity index (χ0) is 14.2. The Hall–Kier alpha value is -0.780. The van der Waals surface area contributed by atoms with Crippen molar-refractivity contribution in [1.29, 1.82) is 0 Å². The molecule has 1 N–H and O–H groups in total. The molecule has 2 rings (SSSR count). The largest absolute Gasteiger partial charge is 0.598 e. The molecule has 0 radical (unpaired) electrons. The van der Waals surface area contributed by atoms with Crippen LogP contribution < -0.4 is 9.46 Å². The van der Waals surface area contributed by atoms with E-state index in [0.29, 0.717) is 12.2 Å². The van der Waals surface area contributed by atoms with Crippen LogP contribution in [-0.4, -0.2) is 15.9 Å². The Bertz CT molecular complexity index is 473. The molecule has 2 atom stereocenters. The van der Waals surface area contributed by atoms with E-state index >= 15 is 0 Å². The van der Waals surface area contributed by atoms with Crippen LogP contribution >= 0.6 is 0 Å². The van der Waals surface area contributed by atoms with Gasteiger partial charge in [-0.1, -0.05) is 0 Å². The Morgan fingerprint density at radius 3 is 2.74 bits per heavy atom. The lowest BCUT2D eigenvalue weighted by molar-refractivity contribution is 0.356. The predicted octanol–water partition coefficient (Wildman–Crippen LogP) is 2.87. The van der Waals surface area contributed by atoms with Crippen LogP contribution in [0.5, 0.6) is 5.75 Å². The molecule has 0 bridgehead atoms. The summed E-state index contributed by atoms with van der Waals surface area (Å²) in [5.74, 6) is 0.474. The van der Waals surface area contributed by atoms with Crippen LogP contribution in [0.2, 0.25) is 0 Å². The van der Waals surface area contributed by atoms with E-state index < -0.39 is 11.4 Å². The number of hydrogen-bond acceptors (Lipinski definition) is 3. The van der Waals surface area contributed by atoms with Crippen molar-refractivity contribution in [1.82, 2.24) is 4.72 Å². The molecule has 0 spiro atoms. The maximum Gasteiger partial charge on any atom is 0.136 e. The number of fused-ring (bicyclic) bond motifs is 1. The van der Waals surface area contributed by atoms with Crippen molar-refractivity contribution in [2.75, 3.05) is 6.61 Å². The van der Waals surface area contributed by atoms with Crippen LogP contribution in [-0.2, 0) is 17.8 Å². The Labute approximate surface area is 116 Å². The van der Waals surface area contributed by atoms with Crippen molar-refractivity contribution in [2.24, 2.45) is 0 Å². The van der Waals surface area contributed by atoms with Gasteiger partial charge in [0.15, 0.2) is 0 Å². The zero-order valence-corrected chi connectivity index (χ0v) is 12.6. The number of ether oxygens (including phenoxy) is 1. The Morgan fingerprint density at radius 1 is 1.42 bits per heavy atom. The van der Waals surface area contributed by atoms with Gasteiger partial charge >= 0.3 is 0 Å². The standard InChI is InChI=1S/C14H20FNO2S/c1-9(16-19(17)14(2,3)4)11-8-13-10(5-6-18-13)7-12(11)15/h7-9,16H,5-6H2,1-4H3. The molecule has 0 fully saturated rings. The number of hydrogen-bond donors (Lipinski definition) is 1. The van der Waals surface area contributed by atoms with Crippen LogP contribution in [0.1, 0.15) is 44.9 Å². The number of nitrogens with one attached hydrogen (secondary N) is 1. The Kier molecular flexibility index (Phi) is 4.08. The van der Waals surface area contributed by atoms with Gasteiger partial charge in [-0.2, -0.15) is 0 Å². The average molecular weight is 285 g/mol. The van der Waals surface area contributed by atoms with Crippen molar-refractivity contribution in [2.45, 2.75) is 44.9 Å². The molecule has 1 aromatic rings. The van der Waals surface area contributed by atoms with Gasteiger partial charge in [0.25, 0.3) is 0 Å². The number of halogens is 1. The van der Waals surface area contributed by atoms with Gasteiger partial charge in [0.2, 0.25) is 0 Å². The monoisotopic (exact) mass is 285 g/mol. The number of benzene rings is 1. The van der Waals surface area contributed by atoms with Crippen LogP contribution in [0.4, 0.5) is 4.39 Å².